The van der Waals surface area contributed by atoms with E-state index in [2.05, 4.69) is 0 Å². The van der Waals surface area contributed by atoms with Gasteiger partial charge in [-0.1, -0.05) is 24.3 Å². The molecule has 0 unspecified atom stereocenters. The number of Topliss-reactive ketones (excluding diaryl/α,β-unsaturated/α-hetero) is 2. The van der Waals surface area contributed by atoms with Gasteiger partial charge in [0.2, 0.25) is 11.6 Å². The molecule has 0 N–H and O–H groups in total. The molecule has 0 aliphatic heterocycles. The van der Waals surface area contributed by atoms with E-state index in [0.29, 0.717) is 22.3 Å². The SMILES string of the molecule is O=C1C=CC(=O)C(c2ccc3c(c2)C(=O)C(=O)c2cc(C4=CC(=O)C=CC4=O)ccc2-3)=C1. The van der Waals surface area contributed by atoms with Crippen LogP contribution in [0.1, 0.15) is 31.8 Å². The standard InChI is InChI=1S/C26H12O6/c27-15-3-7-23(29)19(11-15)13-1-5-17-18-6-2-14(20-12-16(28)4-8-24(20)30)10-22(18)26(32)25(31)21(17)9-13/h1-12H. The first-order valence-electron chi connectivity index (χ1n) is 9.68. The number of allylic oxidation sites excluding steroid dienone is 8. The van der Waals surface area contributed by atoms with Crippen LogP contribution in [-0.4, -0.2) is 34.7 Å². The second-order valence-corrected chi connectivity index (χ2v) is 7.49. The molecule has 6 nitrogen and oxygen atoms in total. The first-order valence-corrected chi connectivity index (χ1v) is 9.68. The minimum absolute atomic E-state index is 0.134. The lowest BCUT2D eigenvalue weighted by molar-refractivity contribution is -0.113. The van der Waals surface area contributed by atoms with Crippen LogP contribution in [0, 0.1) is 0 Å². The van der Waals surface area contributed by atoms with Crippen molar-refractivity contribution in [2.24, 2.45) is 0 Å². The number of carbonyl (C=O) groups is 6. The third-order valence-electron chi connectivity index (χ3n) is 5.55. The summed E-state index contributed by atoms with van der Waals surface area (Å²) in [7, 11) is 0. The monoisotopic (exact) mass is 420 g/mol. The zero-order valence-corrected chi connectivity index (χ0v) is 16.4. The average molecular weight is 420 g/mol. The van der Waals surface area contributed by atoms with Crippen LogP contribution >= 0.6 is 0 Å². The van der Waals surface area contributed by atoms with Gasteiger partial charge in [0.15, 0.2) is 23.1 Å². The van der Waals surface area contributed by atoms with Crippen molar-refractivity contribution in [1.29, 1.82) is 0 Å². The molecule has 0 atom stereocenters. The molecule has 0 bridgehead atoms. The highest BCUT2D eigenvalue weighted by Gasteiger charge is 2.32. The van der Waals surface area contributed by atoms with Gasteiger partial charge in [0.25, 0.3) is 0 Å². The molecule has 0 radical (unpaired) electrons. The quantitative estimate of drug-likeness (QED) is 0.547. The van der Waals surface area contributed by atoms with E-state index in [-0.39, 0.29) is 45.4 Å². The zero-order chi connectivity index (χ0) is 22.6. The summed E-state index contributed by atoms with van der Waals surface area (Å²) >= 11 is 0. The Balaban J connectivity index is 1.62. The Kier molecular flexibility index (Phi) is 4.23. The fraction of sp³-hybridized carbons (Fsp3) is 0. The first-order chi connectivity index (χ1) is 15.3. The smallest absolute Gasteiger partial charge is 0.234 e. The Bertz CT molecular complexity index is 1350. The van der Waals surface area contributed by atoms with E-state index < -0.39 is 11.6 Å². The molecule has 0 amide bonds. The van der Waals surface area contributed by atoms with Crippen LogP contribution in [0.3, 0.4) is 0 Å². The summed E-state index contributed by atoms with van der Waals surface area (Å²) in [4.78, 5) is 73.5. The molecule has 152 valence electrons. The predicted molar refractivity (Wildman–Crippen MR) is 115 cm³/mol. The Morgan fingerprint density at radius 1 is 0.438 bits per heavy atom. The fourth-order valence-electron chi connectivity index (χ4n) is 3.98. The van der Waals surface area contributed by atoms with Crippen molar-refractivity contribution in [2.75, 3.05) is 0 Å². The molecule has 2 aromatic rings. The van der Waals surface area contributed by atoms with Crippen LogP contribution in [0.4, 0.5) is 0 Å². The largest absolute Gasteiger partial charge is 0.290 e. The van der Waals surface area contributed by atoms with E-state index in [9.17, 15) is 28.8 Å². The maximum atomic E-state index is 12.9. The minimum Gasteiger partial charge on any atom is -0.290 e. The summed E-state index contributed by atoms with van der Waals surface area (Å²) in [6.07, 6.45) is 7.07. The Hall–Kier alpha value is -4.58. The zero-order valence-electron chi connectivity index (χ0n) is 16.4. The maximum Gasteiger partial charge on any atom is 0.234 e. The molecule has 3 aliphatic rings. The normalized spacial score (nSPS) is 17.2. The van der Waals surface area contributed by atoms with Gasteiger partial charge in [-0.25, -0.2) is 0 Å². The van der Waals surface area contributed by atoms with Gasteiger partial charge in [-0.3, -0.25) is 28.8 Å². The van der Waals surface area contributed by atoms with Crippen molar-refractivity contribution in [3.63, 3.8) is 0 Å². The van der Waals surface area contributed by atoms with Gasteiger partial charge < -0.3 is 0 Å². The molecule has 0 heterocycles. The van der Waals surface area contributed by atoms with E-state index >= 15 is 0 Å². The summed E-state index contributed by atoms with van der Waals surface area (Å²) in [6.45, 7) is 0. The molecule has 0 aromatic heterocycles. The van der Waals surface area contributed by atoms with Crippen molar-refractivity contribution in [1.82, 2.24) is 0 Å². The van der Waals surface area contributed by atoms with Crippen LogP contribution in [0.15, 0.2) is 72.9 Å². The maximum absolute atomic E-state index is 12.9. The summed E-state index contributed by atoms with van der Waals surface area (Å²) < 4.78 is 0. The van der Waals surface area contributed by atoms with Crippen molar-refractivity contribution in [3.05, 3.63) is 95.1 Å². The predicted octanol–water partition coefficient (Wildman–Crippen LogP) is 2.92. The van der Waals surface area contributed by atoms with E-state index in [4.69, 9.17) is 0 Å². The lowest BCUT2D eigenvalue weighted by atomic mass is 9.80. The third kappa shape index (κ3) is 2.97. The van der Waals surface area contributed by atoms with Crippen LogP contribution in [-0.2, 0) is 19.2 Å². The van der Waals surface area contributed by atoms with Crippen molar-refractivity contribution >= 4 is 45.8 Å². The number of fused-ring (bicyclic) bond motifs is 3. The number of carbonyl (C=O) groups excluding carboxylic acids is 6. The van der Waals surface area contributed by atoms with E-state index in [0.717, 1.165) is 0 Å². The average Bonchev–Trinajstić information content (AvgIpc) is 2.80. The lowest BCUT2D eigenvalue weighted by Gasteiger charge is -2.20. The summed E-state index contributed by atoms with van der Waals surface area (Å²) in [5, 5.41) is 0. The van der Waals surface area contributed by atoms with Crippen molar-refractivity contribution < 1.29 is 28.8 Å². The molecule has 0 saturated carbocycles. The van der Waals surface area contributed by atoms with Gasteiger partial charge in [0.05, 0.1) is 0 Å². The summed E-state index contributed by atoms with van der Waals surface area (Å²) in [5.41, 5.74) is 2.33. The van der Waals surface area contributed by atoms with Crippen LogP contribution in [0.5, 0.6) is 0 Å². The van der Waals surface area contributed by atoms with Gasteiger partial charge in [0.1, 0.15) is 0 Å². The van der Waals surface area contributed by atoms with Crippen LogP contribution in [0.25, 0.3) is 22.3 Å². The highest BCUT2D eigenvalue weighted by atomic mass is 16.2. The molecular weight excluding hydrogens is 408 g/mol. The van der Waals surface area contributed by atoms with Gasteiger partial charge in [-0.15, -0.1) is 0 Å². The molecule has 32 heavy (non-hydrogen) atoms. The molecule has 5 rings (SSSR count). The Morgan fingerprint density at radius 2 is 0.844 bits per heavy atom. The number of hydrogen-bond acceptors (Lipinski definition) is 6. The molecule has 2 aromatic carbocycles. The first kappa shape index (κ1) is 19.4. The topological polar surface area (TPSA) is 102 Å². The van der Waals surface area contributed by atoms with Gasteiger partial charge in [-0.05, 0) is 70.8 Å². The highest BCUT2D eigenvalue weighted by Crippen LogP contribution is 2.37. The van der Waals surface area contributed by atoms with Gasteiger partial charge in [-0.2, -0.15) is 0 Å². The molecule has 3 aliphatic carbocycles. The molecular formula is C26H12O6. The van der Waals surface area contributed by atoms with E-state index in [1.807, 2.05) is 0 Å². The number of hydrogen-bond donors (Lipinski definition) is 0. The Morgan fingerprint density at radius 3 is 1.25 bits per heavy atom. The molecule has 6 heteroatoms. The molecule has 0 saturated heterocycles. The Labute approximate surface area is 181 Å². The highest BCUT2D eigenvalue weighted by molar-refractivity contribution is 6.53. The van der Waals surface area contributed by atoms with Crippen LogP contribution in [0.2, 0.25) is 0 Å². The molecule has 0 fully saturated rings. The minimum atomic E-state index is -0.753. The third-order valence-corrected chi connectivity index (χ3v) is 5.55. The summed E-state index contributed by atoms with van der Waals surface area (Å²) in [6, 6.07) is 9.38. The van der Waals surface area contributed by atoms with Crippen molar-refractivity contribution in [2.45, 2.75) is 0 Å². The second-order valence-electron chi connectivity index (χ2n) is 7.49. The number of rotatable bonds is 2. The lowest BCUT2D eigenvalue weighted by Crippen LogP contribution is -2.22. The van der Waals surface area contributed by atoms with Crippen LogP contribution < -0.4 is 0 Å². The van der Waals surface area contributed by atoms with E-state index in [1.54, 1.807) is 24.3 Å². The summed E-state index contributed by atoms with van der Waals surface area (Å²) in [5.74, 6) is -2.90. The van der Waals surface area contributed by atoms with E-state index in [1.165, 1.54) is 48.6 Å². The fourth-order valence-corrected chi connectivity index (χ4v) is 3.98. The number of benzene rings is 2. The van der Waals surface area contributed by atoms with Gasteiger partial charge >= 0.3 is 0 Å². The second kappa shape index (κ2) is 6.99. The molecule has 0 spiro atoms. The number of ketones is 6. The van der Waals surface area contributed by atoms with Crippen molar-refractivity contribution in [3.8, 4) is 11.1 Å². The van der Waals surface area contributed by atoms with Gasteiger partial charge in [0, 0.05) is 22.3 Å².